The fourth-order valence-electron chi connectivity index (χ4n) is 1.62. The van der Waals surface area contributed by atoms with Gasteiger partial charge in [-0.25, -0.2) is 4.98 Å². The first-order chi connectivity index (χ1) is 7.61. The van der Waals surface area contributed by atoms with E-state index in [0.29, 0.717) is 10.6 Å². The van der Waals surface area contributed by atoms with Gasteiger partial charge in [-0.1, -0.05) is 25.4 Å². The summed E-state index contributed by atoms with van der Waals surface area (Å²) in [5.74, 6) is 1.01. The van der Waals surface area contributed by atoms with Crippen LogP contribution in [0.4, 0.5) is 0 Å². The van der Waals surface area contributed by atoms with Crippen LogP contribution in [-0.2, 0) is 6.54 Å². The maximum Gasteiger partial charge on any atom is 0.198 e. The predicted molar refractivity (Wildman–Crippen MR) is 65.9 cm³/mol. The molecule has 0 spiro atoms. The highest BCUT2D eigenvalue weighted by Crippen LogP contribution is 2.28. The molecular weight excluding hydrogens is 224 g/mol. The molecule has 0 unspecified atom stereocenters. The molecule has 0 aliphatic carbocycles. The third-order valence-corrected chi connectivity index (χ3v) is 2.68. The summed E-state index contributed by atoms with van der Waals surface area (Å²) in [5.41, 5.74) is 2.63. The number of benzene rings is 1. The number of halogens is 1. The maximum atomic E-state index is 6.15. The summed E-state index contributed by atoms with van der Waals surface area (Å²) in [7, 11) is 1.90. The molecule has 0 aliphatic rings. The SMILES string of the molecule is CNCc1cc(Cl)c2oc(C(C)C)nc2c1. The average Bonchev–Trinajstić information content (AvgIpc) is 2.62. The van der Waals surface area contributed by atoms with Crippen molar-refractivity contribution >= 4 is 22.7 Å². The van der Waals surface area contributed by atoms with Gasteiger partial charge < -0.3 is 9.73 Å². The summed E-state index contributed by atoms with van der Waals surface area (Å²) in [6.45, 7) is 4.87. The van der Waals surface area contributed by atoms with Crippen molar-refractivity contribution in [3.63, 3.8) is 0 Å². The summed E-state index contributed by atoms with van der Waals surface area (Å²) in [5, 5.41) is 3.72. The van der Waals surface area contributed by atoms with Crippen molar-refractivity contribution in [2.45, 2.75) is 26.3 Å². The molecule has 4 heteroatoms. The van der Waals surface area contributed by atoms with Crippen LogP contribution in [0.25, 0.3) is 11.1 Å². The van der Waals surface area contributed by atoms with E-state index < -0.39 is 0 Å². The van der Waals surface area contributed by atoms with Gasteiger partial charge in [0.1, 0.15) is 5.52 Å². The molecule has 1 heterocycles. The molecular formula is C12H15ClN2O. The summed E-state index contributed by atoms with van der Waals surface area (Å²) in [6, 6.07) is 3.92. The number of fused-ring (bicyclic) bond motifs is 1. The van der Waals surface area contributed by atoms with E-state index in [9.17, 15) is 0 Å². The lowest BCUT2D eigenvalue weighted by Crippen LogP contribution is -2.04. The maximum absolute atomic E-state index is 6.15. The molecule has 16 heavy (non-hydrogen) atoms. The molecule has 0 radical (unpaired) electrons. The second-order valence-electron chi connectivity index (χ2n) is 4.16. The van der Waals surface area contributed by atoms with Crippen LogP contribution in [0.15, 0.2) is 16.5 Å². The molecule has 0 atom stereocenters. The van der Waals surface area contributed by atoms with Crippen LogP contribution >= 0.6 is 11.6 Å². The Balaban J connectivity index is 2.54. The molecule has 0 bridgehead atoms. The largest absolute Gasteiger partial charge is 0.439 e. The number of rotatable bonds is 3. The lowest BCUT2D eigenvalue weighted by molar-refractivity contribution is 0.501. The number of aromatic nitrogens is 1. The van der Waals surface area contributed by atoms with E-state index in [-0.39, 0.29) is 5.92 Å². The second-order valence-corrected chi connectivity index (χ2v) is 4.57. The lowest BCUT2D eigenvalue weighted by atomic mass is 10.2. The smallest absolute Gasteiger partial charge is 0.198 e. The number of hydrogen-bond acceptors (Lipinski definition) is 3. The minimum absolute atomic E-state index is 0.274. The van der Waals surface area contributed by atoms with E-state index in [1.807, 2.05) is 33.0 Å². The molecule has 3 nitrogen and oxygen atoms in total. The topological polar surface area (TPSA) is 38.1 Å². The molecule has 0 amide bonds. The Kier molecular flexibility index (Phi) is 3.17. The Morgan fingerprint density at radius 1 is 1.44 bits per heavy atom. The highest BCUT2D eigenvalue weighted by atomic mass is 35.5. The molecule has 1 aromatic heterocycles. The summed E-state index contributed by atoms with van der Waals surface area (Å²) < 4.78 is 5.63. The van der Waals surface area contributed by atoms with E-state index in [1.54, 1.807) is 0 Å². The fraction of sp³-hybridized carbons (Fsp3) is 0.417. The number of nitrogens with one attached hydrogen (secondary N) is 1. The van der Waals surface area contributed by atoms with Crippen molar-refractivity contribution in [2.75, 3.05) is 7.05 Å². The third-order valence-electron chi connectivity index (χ3n) is 2.40. The minimum Gasteiger partial charge on any atom is -0.439 e. The van der Waals surface area contributed by atoms with Crippen LogP contribution in [0.3, 0.4) is 0 Å². The van der Waals surface area contributed by atoms with E-state index in [2.05, 4.69) is 10.3 Å². The molecule has 1 N–H and O–H groups in total. The van der Waals surface area contributed by atoms with E-state index in [1.165, 1.54) is 0 Å². The van der Waals surface area contributed by atoms with Crippen molar-refractivity contribution in [1.82, 2.24) is 10.3 Å². The lowest BCUT2D eigenvalue weighted by Gasteiger charge is -2.00. The van der Waals surface area contributed by atoms with Gasteiger partial charge in [0.15, 0.2) is 11.5 Å². The summed E-state index contributed by atoms with van der Waals surface area (Å²) >= 11 is 6.15. The first-order valence-corrected chi connectivity index (χ1v) is 5.73. The molecule has 86 valence electrons. The molecule has 0 fully saturated rings. The predicted octanol–water partition coefficient (Wildman–Crippen LogP) is 3.32. The highest BCUT2D eigenvalue weighted by Gasteiger charge is 2.12. The van der Waals surface area contributed by atoms with Crippen molar-refractivity contribution in [3.8, 4) is 0 Å². The number of hydrogen-bond donors (Lipinski definition) is 1. The molecule has 2 aromatic rings. The van der Waals surface area contributed by atoms with Gasteiger partial charge in [0.05, 0.1) is 5.02 Å². The fourth-order valence-corrected chi connectivity index (χ4v) is 1.89. The van der Waals surface area contributed by atoms with Crippen LogP contribution < -0.4 is 5.32 Å². The van der Waals surface area contributed by atoms with Gasteiger partial charge in [-0.3, -0.25) is 0 Å². The first-order valence-electron chi connectivity index (χ1n) is 5.35. The Bertz CT molecular complexity index is 505. The Hall–Kier alpha value is -1.06. The van der Waals surface area contributed by atoms with Gasteiger partial charge >= 0.3 is 0 Å². The zero-order valence-corrected chi connectivity index (χ0v) is 10.4. The van der Waals surface area contributed by atoms with Gasteiger partial charge in [-0.15, -0.1) is 0 Å². The van der Waals surface area contributed by atoms with Gasteiger partial charge in [0, 0.05) is 12.5 Å². The van der Waals surface area contributed by atoms with Gasteiger partial charge in [0.25, 0.3) is 0 Å². The molecule has 2 rings (SSSR count). The third kappa shape index (κ3) is 2.06. The van der Waals surface area contributed by atoms with Crippen LogP contribution in [0.1, 0.15) is 31.2 Å². The monoisotopic (exact) mass is 238 g/mol. The van der Waals surface area contributed by atoms with E-state index in [4.69, 9.17) is 16.0 Å². The van der Waals surface area contributed by atoms with E-state index in [0.717, 1.165) is 23.5 Å². The van der Waals surface area contributed by atoms with Gasteiger partial charge in [0.2, 0.25) is 0 Å². The molecule has 1 aromatic carbocycles. The summed E-state index contributed by atoms with van der Waals surface area (Å²) in [4.78, 5) is 4.44. The van der Waals surface area contributed by atoms with Crippen LogP contribution in [0, 0.1) is 0 Å². The van der Waals surface area contributed by atoms with Crippen molar-refractivity contribution < 1.29 is 4.42 Å². The van der Waals surface area contributed by atoms with E-state index >= 15 is 0 Å². The van der Waals surface area contributed by atoms with Gasteiger partial charge in [-0.2, -0.15) is 0 Å². The van der Waals surface area contributed by atoms with Crippen LogP contribution in [-0.4, -0.2) is 12.0 Å². The number of nitrogens with zero attached hydrogens (tertiary/aromatic N) is 1. The Morgan fingerprint density at radius 3 is 2.81 bits per heavy atom. The summed E-state index contributed by atoms with van der Waals surface area (Å²) in [6.07, 6.45) is 0. The normalized spacial score (nSPS) is 11.6. The van der Waals surface area contributed by atoms with Crippen molar-refractivity contribution in [2.24, 2.45) is 0 Å². The Morgan fingerprint density at radius 2 is 2.19 bits per heavy atom. The van der Waals surface area contributed by atoms with Crippen LogP contribution in [0.5, 0.6) is 0 Å². The quantitative estimate of drug-likeness (QED) is 0.892. The minimum atomic E-state index is 0.274. The molecule has 0 aliphatic heterocycles. The molecule has 0 saturated heterocycles. The zero-order valence-electron chi connectivity index (χ0n) is 9.67. The Labute approximate surface area is 99.8 Å². The molecule has 0 saturated carbocycles. The second kappa shape index (κ2) is 4.44. The van der Waals surface area contributed by atoms with Crippen molar-refractivity contribution in [3.05, 3.63) is 28.6 Å². The number of oxazole rings is 1. The average molecular weight is 239 g/mol. The van der Waals surface area contributed by atoms with Gasteiger partial charge in [-0.05, 0) is 24.7 Å². The van der Waals surface area contributed by atoms with Crippen molar-refractivity contribution in [1.29, 1.82) is 0 Å². The highest BCUT2D eigenvalue weighted by molar-refractivity contribution is 6.34. The standard InChI is InChI=1S/C12H15ClN2O/c1-7(2)12-15-10-5-8(6-14-3)4-9(13)11(10)16-12/h4-5,7,14H,6H2,1-3H3. The van der Waals surface area contributed by atoms with Crippen LogP contribution in [0.2, 0.25) is 5.02 Å². The first kappa shape index (κ1) is 11.4. The zero-order chi connectivity index (χ0) is 11.7.